The van der Waals surface area contributed by atoms with Crippen LogP contribution in [0.5, 0.6) is 0 Å². The first-order valence-corrected chi connectivity index (χ1v) is 7.52. The van der Waals surface area contributed by atoms with E-state index in [1.807, 2.05) is 0 Å². The van der Waals surface area contributed by atoms with E-state index >= 15 is 0 Å². The topological polar surface area (TPSA) is 113 Å². The van der Waals surface area contributed by atoms with Crippen molar-refractivity contribution in [2.24, 2.45) is 0 Å². The van der Waals surface area contributed by atoms with E-state index in [-0.39, 0.29) is 24.2 Å². The van der Waals surface area contributed by atoms with Gasteiger partial charge in [0.1, 0.15) is 12.3 Å². The molecular weight excluding hydrogens is 346 g/mol. The zero-order valence-electron chi connectivity index (χ0n) is 11.3. The molecule has 8 nitrogen and oxygen atoms in total. The summed E-state index contributed by atoms with van der Waals surface area (Å²) in [6, 6.07) is 0. The number of aromatic nitrogens is 2. The lowest BCUT2D eigenvalue weighted by molar-refractivity contribution is -0.119. The van der Waals surface area contributed by atoms with Crippen LogP contribution in [0, 0.1) is 6.92 Å². The van der Waals surface area contributed by atoms with Crippen LogP contribution in [0.3, 0.4) is 0 Å². The lowest BCUT2D eigenvalue weighted by atomic mass is 10.2. The maximum Gasteiger partial charge on any atom is 0.330 e. The monoisotopic (exact) mass is 361 g/mol. The maximum atomic E-state index is 11.8. The van der Waals surface area contributed by atoms with Gasteiger partial charge in [0.25, 0.3) is 5.56 Å². The van der Waals surface area contributed by atoms with Gasteiger partial charge >= 0.3 is 5.69 Å². The van der Waals surface area contributed by atoms with Gasteiger partial charge in [-0.15, -0.1) is 0 Å². The third kappa shape index (κ3) is 3.60. The molecule has 3 atom stereocenters. The molecule has 1 aromatic heterocycles. The summed E-state index contributed by atoms with van der Waals surface area (Å²) < 4.78 is 6.83. The number of H-pyrrole nitrogens is 1. The first-order valence-electron chi connectivity index (χ1n) is 6.40. The molecule has 1 aliphatic heterocycles. The highest BCUT2D eigenvalue weighted by molar-refractivity contribution is 9.09. The first kappa shape index (κ1) is 15.9. The highest BCUT2D eigenvalue weighted by Crippen LogP contribution is 2.27. The Labute approximate surface area is 128 Å². The van der Waals surface area contributed by atoms with E-state index in [1.54, 1.807) is 6.92 Å². The molecule has 0 aromatic carbocycles. The van der Waals surface area contributed by atoms with Gasteiger partial charge in [0.15, 0.2) is 0 Å². The fourth-order valence-corrected chi connectivity index (χ4v) is 2.33. The van der Waals surface area contributed by atoms with Gasteiger partial charge in [0.2, 0.25) is 5.91 Å². The third-order valence-corrected chi connectivity index (χ3v) is 3.79. The van der Waals surface area contributed by atoms with Crippen LogP contribution < -0.4 is 16.6 Å². The van der Waals surface area contributed by atoms with Crippen LogP contribution in [-0.2, 0) is 9.53 Å². The Hall–Kier alpha value is -1.45. The molecule has 3 N–H and O–H groups in total. The zero-order valence-corrected chi connectivity index (χ0v) is 12.9. The van der Waals surface area contributed by atoms with Crippen molar-refractivity contribution in [3.05, 3.63) is 32.6 Å². The van der Waals surface area contributed by atoms with Crippen LogP contribution >= 0.6 is 15.9 Å². The summed E-state index contributed by atoms with van der Waals surface area (Å²) in [7, 11) is 0. The van der Waals surface area contributed by atoms with E-state index < -0.39 is 29.7 Å². The van der Waals surface area contributed by atoms with E-state index in [0.29, 0.717) is 5.56 Å². The number of aliphatic hydroxyl groups is 1. The van der Waals surface area contributed by atoms with Crippen LogP contribution in [-0.4, -0.2) is 44.6 Å². The molecule has 21 heavy (non-hydrogen) atoms. The lowest BCUT2D eigenvalue weighted by Gasteiger charge is -2.16. The Balaban J connectivity index is 2.10. The molecule has 1 aromatic rings. The number of aromatic amines is 1. The smallest absolute Gasteiger partial charge is 0.330 e. The molecule has 1 fully saturated rings. The van der Waals surface area contributed by atoms with Crippen molar-refractivity contribution in [3.63, 3.8) is 0 Å². The standard InChI is InChI=1S/C12H16BrN3O5/c1-6-5-16(12(20)15-11(6)19)10-2-7(17)8(21-10)4-14-9(18)3-13/h5,7-8,10,17H,2-4H2,1H3,(H,14,18)(H,15,19,20)/t7-,8+,10-/m1/s1. The van der Waals surface area contributed by atoms with Crippen LogP contribution in [0.2, 0.25) is 0 Å². The zero-order chi connectivity index (χ0) is 15.6. The van der Waals surface area contributed by atoms with Crippen molar-refractivity contribution in [2.75, 3.05) is 11.9 Å². The van der Waals surface area contributed by atoms with Crippen LogP contribution in [0.15, 0.2) is 15.8 Å². The van der Waals surface area contributed by atoms with Crippen LogP contribution in [0.4, 0.5) is 0 Å². The predicted molar refractivity (Wildman–Crippen MR) is 77.4 cm³/mol. The van der Waals surface area contributed by atoms with Gasteiger partial charge in [-0.1, -0.05) is 15.9 Å². The van der Waals surface area contributed by atoms with E-state index in [2.05, 4.69) is 26.2 Å². The number of carbonyl (C=O) groups is 1. The SMILES string of the molecule is Cc1cn([C@H]2C[C@@H](O)[C@H](CNC(=O)CBr)O2)c(=O)[nH]c1=O. The number of hydrogen-bond donors (Lipinski definition) is 3. The number of hydrogen-bond acceptors (Lipinski definition) is 5. The van der Waals surface area contributed by atoms with Crippen molar-refractivity contribution < 1.29 is 14.6 Å². The summed E-state index contributed by atoms with van der Waals surface area (Å²) in [4.78, 5) is 36.5. The molecule has 0 aliphatic carbocycles. The summed E-state index contributed by atoms with van der Waals surface area (Å²) in [5.74, 6) is -0.216. The normalized spacial score (nSPS) is 25.0. The Morgan fingerprint density at radius 3 is 3.00 bits per heavy atom. The fraction of sp³-hybridized carbons (Fsp3) is 0.583. The van der Waals surface area contributed by atoms with Crippen molar-refractivity contribution in [1.29, 1.82) is 0 Å². The Kier molecular flexibility index (Phi) is 4.96. The number of aliphatic hydroxyl groups excluding tert-OH is 1. The number of carbonyl (C=O) groups excluding carboxylic acids is 1. The number of rotatable bonds is 4. The molecular formula is C12H16BrN3O5. The van der Waals surface area contributed by atoms with Crippen molar-refractivity contribution in [2.45, 2.75) is 31.8 Å². The average molecular weight is 362 g/mol. The molecule has 0 bridgehead atoms. The molecule has 0 spiro atoms. The van der Waals surface area contributed by atoms with E-state index in [1.165, 1.54) is 10.8 Å². The molecule has 1 amide bonds. The third-order valence-electron chi connectivity index (χ3n) is 3.28. The van der Waals surface area contributed by atoms with Gasteiger partial charge in [-0.2, -0.15) is 0 Å². The number of halogens is 1. The number of amides is 1. The Morgan fingerprint density at radius 1 is 1.62 bits per heavy atom. The molecule has 1 aliphatic rings. The second-order valence-electron chi connectivity index (χ2n) is 4.85. The van der Waals surface area contributed by atoms with Crippen LogP contribution in [0.1, 0.15) is 18.2 Å². The Morgan fingerprint density at radius 2 is 2.33 bits per heavy atom. The molecule has 9 heteroatoms. The minimum absolute atomic E-state index is 0.152. The molecule has 0 unspecified atom stereocenters. The van der Waals surface area contributed by atoms with E-state index in [0.717, 1.165) is 0 Å². The Bertz CT molecular complexity index is 641. The highest BCUT2D eigenvalue weighted by atomic mass is 79.9. The highest BCUT2D eigenvalue weighted by Gasteiger charge is 2.35. The minimum atomic E-state index is -0.801. The minimum Gasteiger partial charge on any atom is -0.390 e. The first-order chi connectivity index (χ1) is 9.92. The van der Waals surface area contributed by atoms with Crippen molar-refractivity contribution in [1.82, 2.24) is 14.9 Å². The summed E-state index contributed by atoms with van der Waals surface area (Å²) in [5.41, 5.74) is -0.660. The summed E-state index contributed by atoms with van der Waals surface area (Å²) in [6.45, 7) is 1.73. The quantitative estimate of drug-likeness (QED) is 0.595. The lowest BCUT2D eigenvalue weighted by Crippen LogP contribution is -2.37. The number of nitrogens with one attached hydrogen (secondary N) is 2. The largest absolute Gasteiger partial charge is 0.390 e. The molecule has 2 heterocycles. The average Bonchev–Trinajstić information content (AvgIpc) is 2.81. The van der Waals surface area contributed by atoms with Crippen molar-refractivity contribution >= 4 is 21.8 Å². The maximum absolute atomic E-state index is 11.8. The number of aryl methyl sites for hydroxylation is 1. The van der Waals surface area contributed by atoms with E-state index in [4.69, 9.17) is 4.74 Å². The van der Waals surface area contributed by atoms with Gasteiger partial charge in [-0.05, 0) is 6.92 Å². The van der Waals surface area contributed by atoms with E-state index in [9.17, 15) is 19.5 Å². The molecule has 116 valence electrons. The summed E-state index contributed by atoms with van der Waals surface area (Å²) in [5, 5.41) is 12.7. The summed E-state index contributed by atoms with van der Waals surface area (Å²) in [6.07, 6.45) is -0.464. The molecule has 1 saturated heterocycles. The second kappa shape index (κ2) is 6.54. The second-order valence-corrected chi connectivity index (χ2v) is 5.41. The van der Waals surface area contributed by atoms with Crippen LogP contribution in [0.25, 0.3) is 0 Å². The van der Waals surface area contributed by atoms with Gasteiger partial charge in [0.05, 0.1) is 11.4 Å². The fourth-order valence-electron chi connectivity index (χ4n) is 2.13. The van der Waals surface area contributed by atoms with Gasteiger partial charge in [-0.25, -0.2) is 4.79 Å². The summed E-state index contributed by atoms with van der Waals surface area (Å²) >= 11 is 3.02. The molecule has 0 radical (unpaired) electrons. The number of alkyl halides is 1. The predicted octanol–water partition coefficient (Wildman–Crippen LogP) is -0.995. The van der Waals surface area contributed by atoms with Gasteiger partial charge < -0.3 is 15.2 Å². The van der Waals surface area contributed by atoms with Gasteiger partial charge in [0, 0.05) is 24.7 Å². The number of nitrogens with zero attached hydrogens (tertiary/aromatic N) is 1. The number of ether oxygens (including phenoxy) is 1. The molecule has 2 rings (SSSR count). The van der Waals surface area contributed by atoms with Crippen molar-refractivity contribution in [3.8, 4) is 0 Å². The molecule has 0 saturated carbocycles. The van der Waals surface area contributed by atoms with Gasteiger partial charge in [-0.3, -0.25) is 19.1 Å².